The Balaban J connectivity index is 2.90. The summed E-state index contributed by atoms with van der Waals surface area (Å²) in [6.07, 6.45) is -0.416. The van der Waals surface area contributed by atoms with Crippen LogP contribution in [0, 0.1) is 0 Å². The van der Waals surface area contributed by atoms with Gasteiger partial charge in [0.05, 0.1) is 20.3 Å². The molecule has 0 spiro atoms. The van der Waals surface area contributed by atoms with Crippen molar-refractivity contribution in [3.8, 4) is 23.0 Å². The molecule has 0 fully saturated rings. The van der Waals surface area contributed by atoms with Crippen LogP contribution in [0.25, 0.3) is 10.8 Å². The maximum Gasteiger partial charge on any atom is 0.250 e. The Kier molecular flexibility index (Phi) is 8.76. The number of benzene rings is 2. The number of methoxy groups -OCH3 is 2. The van der Waals surface area contributed by atoms with Crippen molar-refractivity contribution in [1.82, 2.24) is 0 Å². The fourth-order valence-corrected chi connectivity index (χ4v) is 5.51. The summed E-state index contributed by atoms with van der Waals surface area (Å²) in [7, 11) is -0.983. The van der Waals surface area contributed by atoms with Gasteiger partial charge in [0.2, 0.25) is 8.32 Å². The van der Waals surface area contributed by atoms with Crippen molar-refractivity contribution in [3.05, 3.63) is 35.9 Å². The molecular formula is C29H48O5Si2. The highest BCUT2D eigenvalue weighted by Crippen LogP contribution is 2.50. The molecule has 2 rings (SSSR count). The second kappa shape index (κ2) is 10.4. The Labute approximate surface area is 221 Å². The second-order valence-corrected chi connectivity index (χ2v) is 22.3. The lowest BCUT2D eigenvalue weighted by molar-refractivity contribution is 0.209. The van der Waals surface area contributed by atoms with Crippen molar-refractivity contribution in [2.24, 2.45) is 0 Å². The van der Waals surface area contributed by atoms with Gasteiger partial charge in [-0.05, 0) is 61.4 Å². The summed E-state index contributed by atoms with van der Waals surface area (Å²) >= 11 is 0. The summed E-state index contributed by atoms with van der Waals surface area (Å²) in [5.41, 5.74) is 1.48. The minimum atomic E-state index is -2.27. The van der Waals surface area contributed by atoms with Crippen molar-refractivity contribution in [2.75, 3.05) is 14.2 Å². The predicted molar refractivity (Wildman–Crippen MR) is 157 cm³/mol. The highest BCUT2D eigenvalue weighted by Gasteiger charge is 2.42. The highest BCUT2D eigenvalue weighted by molar-refractivity contribution is 6.75. The van der Waals surface area contributed by atoms with Gasteiger partial charge in [0, 0.05) is 22.8 Å². The number of fused-ring (bicyclic) bond motifs is 1. The number of ether oxygens (including phenoxy) is 2. The first-order valence-corrected chi connectivity index (χ1v) is 18.5. The van der Waals surface area contributed by atoms with E-state index in [1.165, 1.54) is 0 Å². The van der Waals surface area contributed by atoms with Crippen molar-refractivity contribution in [2.45, 2.75) is 97.3 Å². The number of hydrogen-bond donors (Lipinski definition) is 1. The standard InChI is InChI=1S/C29H48O5Si2/c1-19(2)24(30)18-23-25(31-9)21-16-15-20(33-35(11,12)28(3,4)5)17-22(21)26(32-10)27(23)34-36(13,14)29(6,7)8/h15-17,24,30H,1,18H2,2-14H3/t24-/m1/s1. The number of hydrogen-bond acceptors (Lipinski definition) is 5. The zero-order valence-corrected chi connectivity index (χ0v) is 26.8. The average molecular weight is 533 g/mol. The molecule has 0 heterocycles. The number of rotatable bonds is 9. The first-order chi connectivity index (χ1) is 16.3. The molecule has 0 radical (unpaired) electrons. The molecule has 0 aromatic heterocycles. The molecule has 0 aliphatic rings. The van der Waals surface area contributed by atoms with Crippen LogP contribution in [0.3, 0.4) is 0 Å². The van der Waals surface area contributed by atoms with Gasteiger partial charge < -0.3 is 23.4 Å². The van der Waals surface area contributed by atoms with Crippen molar-refractivity contribution >= 4 is 27.4 Å². The van der Waals surface area contributed by atoms with E-state index >= 15 is 0 Å². The van der Waals surface area contributed by atoms with Crippen molar-refractivity contribution in [1.29, 1.82) is 0 Å². The van der Waals surface area contributed by atoms with Crippen LogP contribution in [0.15, 0.2) is 30.4 Å². The molecule has 0 amide bonds. The van der Waals surface area contributed by atoms with Crippen LogP contribution >= 0.6 is 0 Å². The van der Waals surface area contributed by atoms with Gasteiger partial charge in [0.25, 0.3) is 8.32 Å². The first kappa shape index (κ1) is 30.3. The van der Waals surface area contributed by atoms with Crippen LogP contribution in [0.1, 0.15) is 54.0 Å². The summed E-state index contributed by atoms with van der Waals surface area (Å²) in [5.74, 6) is 2.76. The summed E-state index contributed by atoms with van der Waals surface area (Å²) < 4.78 is 25.6. The van der Waals surface area contributed by atoms with E-state index in [1.807, 2.05) is 25.1 Å². The number of aliphatic hydroxyl groups is 1. The van der Waals surface area contributed by atoms with E-state index in [0.29, 0.717) is 29.2 Å². The molecule has 1 N–H and O–H groups in total. The Morgan fingerprint density at radius 3 is 1.78 bits per heavy atom. The third-order valence-electron chi connectivity index (χ3n) is 7.95. The van der Waals surface area contributed by atoms with Crippen molar-refractivity contribution in [3.63, 3.8) is 0 Å². The van der Waals surface area contributed by atoms with E-state index in [9.17, 15) is 5.11 Å². The summed E-state index contributed by atoms with van der Waals surface area (Å²) in [5, 5.41) is 12.6. The molecular weight excluding hydrogens is 484 g/mol. The topological polar surface area (TPSA) is 57.2 Å². The lowest BCUT2D eigenvalue weighted by atomic mass is 9.96. The summed E-state index contributed by atoms with van der Waals surface area (Å²) in [4.78, 5) is 0. The number of aliphatic hydroxyl groups excluding tert-OH is 1. The summed E-state index contributed by atoms with van der Waals surface area (Å²) in [6, 6.07) is 6.05. The maximum atomic E-state index is 10.8. The molecule has 0 bridgehead atoms. The molecule has 36 heavy (non-hydrogen) atoms. The van der Waals surface area contributed by atoms with Crippen LogP contribution in [-0.4, -0.2) is 42.1 Å². The Morgan fingerprint density at radius 2 is 1.33 bits per heavy atom. The van der Waals surface area contributed by atoms with Gasteiger partial charge in [-0.2, -0.15) is 0 Å². The molecule has 0 unspecified atom stereocenters. The molecule has 202 valence electrons. The predicted octanol–water partition coefficient (Wildman–Crippen LogP) is 8.10. The van der Waals surface area contributed by atoms with Crippen molar-refractivity contribution < 1.29 is 23.4 Å². The average Bonchev–Trinajstić information content (AvgIpc) is 2.72. The Hall–Kier alpha value is -1.97. The van der Waals surface area contributed by atoms with E-state index in [4.69, 9.17) is 18.3 Å². The summed E-state index contributed by atoms with van der Waals surface area (Å²) in [6.45, 7) is 28.0. The minimum Gasteiger partial charge on any atom is -0.543 e. The maximum absolute atomic E-state index is 10.8. The minimum absolute atomic E-state index is 0.0300. The molecule has 0 aliphatic carbocycles. The van der Waals surface area contributed by atoms with E-state index in [-0.39, 0.29) is 10.1 Å². The lowest BCUT2D eigenvalue weighted by Crippen LogP contribution is -2.44. The molecule has 0 saturated heterocycles. The van der Waals surface area contributed by atoms with Crippen LogP contribution in [0.2, 0.25) is 36.3 Å². The quantitative estimate of drug-likeness (QED) is 0.261. The third kappa shape index (κ3) is 6.11. The van der Waals surface area contributed by atoms with Gasteiger partial charge in [-0.3, -0.25) is 0 Å². The first-order valence-electron chi connectivity index (χ1n) is 12.7. The van der Waals surface area contributed by atoms with Gasteiger partial charge in [0.15, 0.2) is 11.5 Å². The smallest absolute Gasteiger partial charge is 0.250 e. The van der Waals surface area contributed by atoms with Crippen LogP contribution in [0.5, 0.6) is 23.0 Å². The van der Waals surface area contributed by atoms with Gasteiger partial charge >= 0.3 is 0 Å². The SMILES string of the molecule is C=C(C)[C@H](O)Cc1c(O[Si](C)(C)C(C)(C)C)c(OC)c2cc(O[Si](C)(C)C(C)(C)C)ccc2c1OC. The van der Waals surface area contributed by atoms with Crippen LogP contribution < -0.4 is 18.3 Å². The van der Waals surface area contributed by atoms with E-state index in [2.05, 4.69) is 74.3 Å². The molecule has 0 aliphatic heterocycles. The normalized spacial score (nSPS) is 13.9. The molecule has 1 atom stereocenters. The molecule has 2 aromatic rings. The molecule has 7 heteroatoms. The van der Waals surface area contributed by atoms with E-state index in [1.54, 1.807) is 14.2 Å². The highest BCUT2D eigenvalue weighted by atomic mass is 28.4. The molecule has 2 aromatic carbocycles. The Morgan fingerprint density at radius 1 is 0.833 bits per heavy atom. The van der Waals surface area contributed by atoms with Crippen LogP contribution in [0.4, 0.5) is 0 Å². The zero-order chi connectivity index (χ0) is 27.9. The fraction of sp³-hybridized carbons (Fsp3) is 0.586. The Bertz CT molecular complexity index is 1110. The van der Waals surface area contributed by atoms with Gasteiger partial charge in [-0.1, -0.05) is 53.7 Å². The van der Waals surface area contributed by atoms with Gasteiger partial charge in [0.1, 0.15) is 11.5 Å². The molecule has 0 saturated carbocycles. The second-order valence-electron chi connectivity index (χ2n) is 12.9. The molecule has 5 nitrogen and oxygen atoms in total. The van der Waals surface area contributed by atoms with E-state index < -0.39 is 22.7 Å². The monoisotopic (exact) mass is 532 g/mol. The van der Waals surface area contributed by atoms with Gasteiger partial charge in [-0.25, -0.2) is 0 Å². The van der Waals surface area contributed by atoms with E-state index in [0.717, 1.165) is 22.1 Å². The van der Waals surface area contributed by atoms with Crippen LogP contribution in [-0.2, 0) is 6.42 Å². The zero-order valence-electron chi connectivity index (χ0n) is 24.8. The van der Waals surface area contributed by atoms with Gasteiger partial charge in [-0.15, -0.1) is 0 Å². The largest absolute Gasteiger partial charge is 0.543 e. The fourth-order valence-electron chi connectivity index (χ4n) is 3.45. The lowest BCUT2D eigenvalue weighted by Gasteiger charge is -2.38. The third-order valence-corrected chi connectivity index (χ3v) is 16.6.